The van der Waals surface area contributed by atoms with Gasteiger partial charge >= 0.3 is 0 Å². The third kappa shape index (κ3) is 3.75. The predicted octanol–water partition coefficient (Wildman–Crippen LogP) is 5.13. The SMILES string of the molecule is CC/C=C1/C=CC(C#Cc2ccc(C)c(CC)c2)=CC1. The van der Waals surface area contributed by atoms with Crippen molar-refractivity contribution in [2.45, 2.75) is 40.0 Å². The van der Waals surface area contributed by atoms with Gasteiger partial charge in [0.1, 0.15) is 0 Å². The van der Waals surface area contributed by atoms with Crippen LogP contribution in [0.3, 0.4) is 0 Å². The summed E-state index contributed by atoms with van der Waals surface area (Å²) >= 11 is 0. The van der Waals surface area contributed by atoms with Gasteiger partial charge in [0.15, 0.2) is 0 Å². The summed E-state index contributed by atoms with van der Waals surface area (Å²) < 4.78 is 0. The molecule has 20 heavy (non-hydrogen) atoms. The molecule has 102 valence electrons. The summed E-state index contributed by atoms with van der Waals surface area (Å²) in [4.78, 5) is 0. The minimum absolute atomic E-state index is 1.00. The minimum Gasteiger partial charge on any atom is -0.0813 e. The highest BCUT2D eigenvalue weighted by Gasteiger charge is 1.99. The van der Waals surface area contributed by atoms with Gasteiger partial charge in [-0.25, -0.2) is 0 Å². The first-order valence-corrected chi connectivity index (χ1v) is 7.41. The van der Waals surface area contributed by atoms with Crippen LogP contribution in [0, 0.1) is 18.8 Å². The van der Waals surface area contributed by atoms with E-state index < -0.39 is 0 Å². The van der Waals surface area contributed by atoms with Gasteiger partial charge in [0.05, 0.1) is 0 Å². The lowest BCUT2D eigenvalue weighted by atomic mass is 10.0. The summed E-state index contributed by atoms with van der Waals surface area (Å²) in [7, 11) is 0. The van der Waals surface area contributed by atoms with Crippen molar-refractivity contribution < 1.29 is 0 Å². The highest BCUT2D eigenvalue weighted by atomic mass is 14.0. The second kappa shape index (κ2) is 6.96. The molecule has 0 bridgehead atoms. The molecular formula is C20H22. The van der Waals surface area contributed by atoms with Crippen LogP contribution >= 0.6 is 0 Å². The molecule has 0 heteroatoms. The van der Waals surface area contributed by atoms with Gasteiger partial charge in [-0.3, -0.25) is 0 Å². The maximum atomic E-state index is 3.27. The zero-order chi connectivity index (χ0) is 14.4. The maximum absolute atomic E-state index is 3.27. The molecule has 0 heterocycles. The van der Waals surface area contributed by atoms with Crippen LogP contribution < -0.4 is 0 Å². The average Bonchev–Trinajstić information content (AvgIpc) is 2.48. The van der Waals surface area contributed by atoms with Crippen LogP contribution in [0.25, 0.3) is 0 Å². The van der Waals surface area contributed by atoms with Crippen LogP contribution in [0.4, 0.5) is 0 Å². The molecule has 0 saturated heterocycles. The van der Waals surface area contributed by atoms with E-state index in [1.165, 1.54) is 16.7 Å². The zero-order valence-corrected chi connectivity index (χ0v) is 12.7. The molecule has 0 aliphatic heterocycles. The van der Waals surface area contributed by atoms with Crippen LogP contribution in [-0.4, -0.2) is 0 Å². The summed E-state index contributed by atoms with van der Waals surface area (Å²) in [5.41, 5.74) is 6.36. The Hall–Kier alpha value is -2.00. The fourth-order valence-electron chi connectivity index (χ4n) is 2.34. The molecule has 1 aromatic rings. The first-order valence-electron chi connectivity index (χ1n) is 7.41. The van der Waals surface area contributed by atoms with Crippen molar-refractivity contribution in [2.24, 2.45) is 0 Å². The lowest BCUT2D eigenvalue weighted by Crippen LogP contribution is -1.88. The van der Waals surface area contributed by atoms with Gasteiger partial charge in [0.2, 0.25) is 0 Å². The van der Waals surface area contributed by atoms with E-state index in [0.717, 1.165) is 30.4 Å². The number of benzene rings is 1. The topological polar surface area (TPSA) is 0 Å². The number of hydrogen-bond donors (Lipinski definition) is 0. The summed E-state index contributed by atoms with van der Waals surface area (Å²) in [5, 5.41) is 0. The number of rotatable bonds is 2. The van der Waals surface area contributed by atoms with Crippen molar-refractivity contribution in [1.29, 1.82) is 0 Å². The van der Waals surface area contributed by atoms with E-state index in [0.29, 0.717) is 0 Å². The Balaban J connectivity index is 2.13. The van der Waals surface area contributed by atoms with E-state index >= 15 is 0 Å². The van der Waals surface area contributed by atoms with Crippen molar-refractivity contribution >= 4 is 0 Å². The molecule has 0 radical (unpaired) electrons. The molecule has 0 atom stereocenters. The fraction of sp³-hybridized carbons (Fsp3) is 0.300. The normalized spacial score (nSPS) is 15.8. The number of hydrogen-bond acceptors (Lipinski definition) is 0. The predicted molar refractivity (Wildman–Crippen MR) is 87.6 cm³/mol. The van der Waals surface area contributed by atoms with Crippen molar-refractivity contribution in [3.05, 3.63) is 70.3 Å². The molecule has 0 spiro atoms. The third-order valence-corrected chi connectivity index (χ3v) is 3.58. The van der Waals surface area contributed by atoms with Gasteiger partial charge in [0, 0.05) is 11.1 Å². The maximum Gasteiger partial charge on any atom is 0.0251 e. The molecule has 2 rings (SSSR count). The Morgan fingerprint density at radius 2 is 2.00 bits per heavy atom. The monoisotopic (exact) mass is 262 g/mol. The molecule has 1 aromatic carbocycles. The first kappa shape index (κ1) is 14.4. The molecule has 0 aromatic heterocycles. The van der Waals surface area contributed by atoms with E-state index in [2.05, 4.69) is 75.1 Å². The van der Waals surface area contributed by atoms with Gasteiger partial charge < -0.3 is 0 Å². The van der Waals surface area contributed by atoms with Gasteiger partial charge in [0.25, 0.3) is 0 Å². The van der Waals surface area contributed by atoms with Gasteiger partial charge in [-0.05, 0) is 61.1 Å². The third-order valence-electron chi connectivity index (χ3n) is 3.58. The Morgan fingerprint density at radius 3 is 2.65 bits per heavy atom. The van der Waals surface area contributed by atoms with Crippen LogP contribution in [0.5, 0.6) is 0 Å². The van der Waals surface area contributed by atoms with Crippen molar-refractivity contribution in [3.63, 3.8) is 0 Å². The zero-order valence-electron chi connectivity index (χ0n) is 12.7. The fourth-order valence-corrected chi connectivity index (χ4v) is 2.34. The van der Waals surface area contributed by atoms with Crippen molar-refractivity contribution in [1.82, 2.24) is 0 Å². The molecule has 0 fully saturated rings. The number of aryl methyl sites for hydroxylation is 2. The lowest BCUT2D eigenvalue weighted by molar-refractivity contribution is 1.11. The van der Waals surface area contributed by atoms with E-state index in [1.807, 2.05) is 0 Å². The Labute approximate surface area is 122 Å². The van der Waals surface area contributed by atoms with Gasteiger partial charge in [-0.15, -0.1) is 0 Å². The van der Waals surface area contributed by atoms with Gasteiger partial charge in [-0.1, -0.05) is 50.0 Å². The molecule has 0 N–H and O–H groups in total. The van der Waals surface area contributed by atoms with Crippen LogP contribution in [0.2, 0.25) is 0 Å². The average molecular weight is 262 g/mol. The molecule has 0 amide bonds. The van der Waals surface area contributed by atoms with Crippen molar-refractivity contribution in [2.75, 3.05) is 0 Å². The summed E-state index contributed by atoms with van der Waals surface area (Å²) in [6.45, 7) is 6.51. The number of allylic oxidation sites excluding steroid dienone is 6. The molecule has 1 aliphatic rings. The Bertz CT molecular complexity index is 628. The molecule has 0 saturated carbocycles. The van der Waals surface area contributed by atoms with Gasteiger partial charge in [-0.2, -0.15) is 0 Å². The van der Waals surface area contributed by atoms with Crippen LogP contribution in [0.15, 0.2) is 53.6 Å². The standard InChI is InChI=1S/C20H22/c1-4-6-17-9-11-18(12-10-17)13-14-19-8-7-16(3)20(5-2)15-19/h6-9,11-12,15H,4-5,10H2,1-3H3/b17-6-. The smallest absolute Gasteiger partial charge is 0.0251 e. The Morgan fingerprint density at radius 1 is 1.15 bits per heavy atom. The lowest BCUT2D eigenvalue weighted by Gasteiger charge is -2.04. The Kier molecular flexibility index (Phi) is 5.02. The molecule has 0 unspecified atom stereocenters. The minimum atomic E-state index is 1.00. The van der Waals surface area contributed by atoms with E-state index in [1.54, 1.807) is 0 Å². The molecule has 1 aliphatic carbocycles. The van der Waals surface area contributed by atoms with Crippen molar-refractivity contribution in [3.8, 4) is 11.8 Å². The largest absolute Gasteiger partial charge is 0.0813 e. The highest BCUT2D eigenvalue weighted by molar-refractivity contribution is 5.50. The summed E-state index contributed by atoms with van der Waals surface area (Å²) in [6.07, 6.45) is 11.9. The van der Waals surface area contributed by atoms with E-state index in [-0.39, 0.29) is 0 Å². The second-order valence-electron chi connectivity index (χ2n) is 5.13. The van der Waals surface area contributed by atoms with E-state index in [4.69, 9.17) is 0 Å². The highest BCUT2D eigenvalue weighted by Crippen LogP contribution is 2.16. The molecular weight excluding hydrogens is 240 g/mol. The van der Waals surface area contributed by atoms with Crippen LogP contribution in [0.1, 0.15) is 43.4 Å². The molecule has 0 nitrogen and oxygen atoms in total. The summed E-state index contributed by atoms with van der Waals surface area (Å²) in [6, 6.07) is 6.48. The quantitative estimate of drug-likeness (QED) is 0.648. The second-order valence-corrected chi connectivity index (χ2v) is 5.13. The summed E-state index contributed by atoms with van der Waals surface area (Å²) in [5.74, 6) is 6.54. The van der Waals surface area contributed by atoms with E-state index in [9.17, 15) is 0 Å². The van der Waals surface area contributed by atoms with Crippen LogP contribution in [-0.2, 0) is 6.42 Å². The first-order chi connectivity index (χ1) is 9.72.